The van der Waals surface area contributed by atoms with Crippen molar-refractivity contribution in [3.8, 4) is 0 Å². The van der Waals surface area contributed by atoms with Crippen LogP contribution in [0.15, 0.2) is 11.7 Å². The first-order chi connectivity index (χ1) is 30.3. The second-order valence-corrected chi connectivity index (χ2v) is 21.7. The van der Waals surface area contributed by atoms with Gasteiger partial charge in [0.2, 0.25) is 0 Å². The van der Waals surface area contributed by atoms with Crippen LogP contribution in [0.4, 0.5) is 0 Å². The van der Waals surface area contributed by atoms with E-state index in [1.54, 1.807) is 39.0 Å². The molecule has 5 N–H and O–H groups in total. The van der Waals surface area contributed by atoms with Gasteiger partial charge in [-0.05, 0) is 93.7 Å². The van der Waals surface area contributed by atoms with Gasteiger partial charge >= 0.3 is 5.97 Å². The Balaban J connectivity index is 1.47. The zero-order valence-corrected chi connectivity index (χ0v) is 42.3. The van der Waals surface area contributed by atoms with Crippen LogP contribution in [0.5, 0.6) is 0 Å². The van der Waals surface area contributed by atoms with Gasteiger partial charge < -0.3 is 59.0 Å². The number of hydrogen-bond donors (Lipinski definition) is 5. The predicted octanol–water partition coefficient (Wildman–Crippen LogP) is 3.39. The summed E-state index contributed by atoms with van der Waals surface area (Å²) in [5.41, 5.74) is -0.654. The van der Waals surface area contributed by atoms with Crippen LogP contribution in [0.3, 0.4) is 0 Å². The van der Waals surface area contributed by atoms with E-state index in [4.69, 9.17) is 23.7 Å². The number of likely N-dealkylation sites (N-methyl/N-ethyl adjacent to an activating group) is 2. The first-order valence-electron chi connectivity index (χ1n) is 23.7. The normalized spacial score (nSPS) is 42.1. The second kappa shape index (κ2) is 22.0. The molecule has 0 aliphatic carbocycles. The fourth-order valence-electron chi connectivity index (χ4n) is 11.0. The number of rotatable bonds is 12. The minimum atomic E-state index is -1.80. The van der Waals surface area contributed by atoms with E-state index in [9.17, 15) is 30.3 Å². The number of nitrogens with zero attached hydrogens (tertiary/aromatic N) is 6. The first-order valence-corrected chi connectivity index (χ1v) is 24.6. The van der Waals surface area contributed by atoms with Gasteiger partial charge in [0.05, 0.1) is 58.4 Å². The summed E-state index contributed by atoms with van der Waals surface area (Å²) in [5, 5.41) is 68.6. The number of carbonyl (C=O) groups excluding carboxylic acids is 1. The Morgan fingerprint density at radius 3 is 2.34 bits per heavy atom. The van der Waals surface area contributed by atoms with Crippen molar-refractivity contribution in [2.24, 2.45) is 23.7 Å². The van der Waals surface area contributed by atoms with Gasteiger partial charge in [0.25, 0.3) is 0 Å². The second-order valence-electron chi connectivity index (χ2n) is 20.6. The van der Waals surface area contributed by atoms with Gasteiger partial charge in [0, 0.05) is 75.1 Å². The molecular formula is C47H82N6O11S. The highest BCUT2D eigenvalue weighted by Crippen LogP contribution is 2.45. The van der Waals surface area contributed by atoms with Crippen molar-refractivity contribution in [1.29, 1.82) is 0 Å². The molecule has 0 amide bonds. The van der Waals surface area contributed by atoms with Crippen molar-refractivity contribution < 1.29 is 54.0 Å². The fraction of sp³-hybridized carbons (Fsp3) is 0.872. The number of ether oxygens (including phenoxy) is 5. The highest BCUT2D eigenvalue weighted by atomic mass is 32.1. The average molecular weight is 939 g/mol. The minimum absolute atomic E-state index is 0.156. The van der Waals surface area contributed by atoms with Crippen molar-refractivity contribution >= 4 is 17.3 Å². The minimum Gasteiger partial charge on any atom is -0.459 e. The molecule has 5 rings (SSSR count). The number of esters is 1. The Morgan fingerprint density at radius 2 is 1.71 bits per heavy atom. The Bertz CT molecular complexity index is 1820. The number of aliphatic hydroxyl groups excluding tert-OH is 3. The average Bonchev–Trinajstić information content (AvgIpc) is 3.89. The standard InChI is InChI=1S/C47H82N6O11S/c1-15-37-47(11,59)40(55)30(6)52(13)23-26(2)21-45(9,58)42(28(4)38(29(5)43(57)63-37)36-22-46(10,60-14)41(56)31(7)62-36)64-44-39(54)35(20-27(3)61-44)51(12)18-16-33-24-53(50-49-33)19-17-34-32(8)65-25-48-34/h24-31,35-42,44,54-56,58-59H,15-23H2,1-14H3/t26-,27-,28+,29-,30-,31+,35+,36-,37-,38?,39-,40-,41+,42-,44+,45-,46-,47-/m1/s1. The molecule has 18 heteroatoms. The molecule has 3 saturated heterocycles. The van der Waals surface area contributed by atoms with E-state index < -0.39 is 95.6 Å². The number of aromatic nitrogens is 4. The van der Waals surface area contributed by atoms with Crippen molar-refractivity contribution in [1.82, 2.24) is 29.8 Å². The molecule has 18 atom stereocenters. The quantitative estimate of drug-likeness (QED) is 0.193. The summed E-state index contributed by atoms with van der Waals surface area (Å²) < 4.78 is 34.0. The summed E-state index contributed by atoms with van der Waals surface area (Å²) in [6, 6.07) is -0.919. The number of hydrogen-bond acceptors (Lipinski definition) is 17. The lowest BCUT2D eigenvalue weighted by atomic mass is 9.68. The molecule has 0 bridgehead atoms. The Labute approximate surface area is 391 Å². The Hall–Kier alpha value is -2.20. The SMILES string of the molecule is CC[C@H]1OC(=O)[C@H](C)C([C@H]2C[C@@](C)(OC)[C@@H](O)[C@H](C)O2)[C@H](C)[C@@H](O[C@@H]2O[C@H](C)C[C@H](N(C)CCc3cn(CCc4ncsc4C)nn3)[C@H]2O)[C@](C)(O)C[C@@H](C)CN(C)[C@H](C)[C@@H](O)[C@]1(C)O. The van der Waals surface area contributed by atoms with Gasteiger partial charge in [-0.1, -0.05) is 32.9 Å². The van der Waals surface area contributed by atoms with Gasteiger partial charge in [-0.2, -0.15) is 0 Å². The molecule has 3 aliphatic rings. The Morgan fingerprint density at radius 1 is 1.02 bits per heavy atom. The molecule has 0 radical (unpaired) electrons. The number of aryl methyl sites for hydroxylation is 3. The first kappa shape index (κ1) is 53.8. The van der Waals surface area contributed by atoms with Gasteiger partial charge in [0.15, 0.2) is 6.29 Å². The van der Waals surface area contributed by atoms with E-state index >= 15 is 0 Å². The van der Waals surface area contributed by atoms with Crippen LogP contribution >= 0.6 is 11.3 Å². The lowest BCUT2D eigenvalue weighted by Gasteiger charge is -2.51. The molecular weight excluding hydrogens is 857 g/mol. The molecule has 0 saturated carbocycles. The third kappa shape index (κ3) is 12.3. The summed E-state index contributed by atoms with van der Waals surface area (Å²) in [6.45, 7) is 21.8. The van der Waals surface area contributed by atoms with Crippen molar-refractivity contribution in [3.05, 3.63) is 28.0 Å². The van der Waals surface area contributed by atoms with Crippen LogP contribution in [0.1, 0.15) is 111 Å². The maximum absolute atomic E-state index is 14.6. The lowest BCUT2D eigenvalue weighted by molar-refractivity contribution is -0.302. The molecule has 372 valence electrons. The third-order valence-electron chi connectivity index (χ3n) is 15.2. The smallest absolute Gasteiger partial charge is 0.309 e. The summed E-state index contributed by atoms with van der Waals surface area (Å²) in [5.74, 6) is -3.06. The van der Waals surface area contributed by atoms with Crippen LogP contribution in [0.2, 0.25) is 0 Å². The van der Waals surface area contributed by atoms with E-state index in [2.05, 4.69) is 27.1 Å². The van der Waals surface area contributed by atoms with E-state index in [-0.39, 0.29) is 37.3 Å². The van der Waals surface area contributed by atoms with Crippen LogP contribution < -0.4 is 0 Å². The summed E-state index contributed by atoms with van der Waals surface area (Å²) in [6.07, 6.45) is -3.79. The number of thiazole rings is 1. The highest BCUT2D eigenvalue weighted by Gasteiger charge is 2.55. The summed E-state index contributed by atoms with van der Waals surface area (Å²) in [4.78, 5) is 24.3. The van der Waals surface area contributed by atoms with Crippen LogP contribution in [0, 0.1) is 30.6 Å². The molecule has 17 nitrogen and oxygen atoms in total. The summed E-state index contributed by atoms with van der Waals surface area (Å²) in [7, 11) is 5.36. The van der Waals surface area contributed by atoms with Crippen LogP contribution in [-0.4, -0.2) is 180 Å². The van der Waals surface area contributed by atoms with Crippen LogP contribution in [0.25, 0.3) is 0 Å². The molecule has 2 aromatic rings. The van der Waals surface area contributed by atoms with Gasteiger partial charge in [0.1, 0.15) is 30.0 Å². The highest BCUT2D eigenvalue weighted by molar-refractivity contribution is 7.09. The van der Waals surface area contributed by atoms with E-state index in [1.807, 2.05) is 70.0 Å². The van der Waals surface area contributed by atoms with Gasteiger partial charge in [-0.25, -0.2) is 4.98 Å². The Kier molecular flexibility index (Phi) is 18.2. The summed E-state index contributed by atoms with van der Waals surface area (Å²) >= 11 is 1.63. The predicted molar refractivity (Wildman–Crippen MR) is 246 cm³/mol. The van der Waals surface area contributed by atoms with Gasteiger partial charge in [-0.3, -0.25) is 9.48 Å². The zero-order valence-electron chi connectivity index (χ0n) is 41.5. The van der Waals surface area contributed by atoms with Crippen molar-refractivity contribution in [2.75, 3.05) is 34.3 Å². The number of carbonyl (C=O) groups is 1. The zero-order chi connectivity index (χ0) is 48.3. The van der Waals surface area contributed by atoms with Crippen LogP contribution in [-0.2, 0) is 47.9 Å². The van der Waals surface area contributed by atoms with E-state index in [0.29, 0.717) is 32.5 Å². The molecule has 3 fully saturated rings. The van der Waals surface area contributed by atoms with Gasteiger partial charge in [-0.15, -0.1) is 16.4 Å². The number of aliphatic hydroxyl groups is 5. The number of methoxy groups -OCH3 is 1. The third-order valence-corrected chi connectivity index (χ3v) is 16.0. The lowest BCUT2D eigenvalue weighted by Crippen LogP contribution is -2.62. The van der Waals surface area contributed by atoms with E-state index in [0.717, 1.165) is 17.8 Å². The fourth-order valence-corrected chi connectivity index (χ4v) is 11.6. The monoisotopic (exact) mass is 939 g/mol. The molecule has 5 heterocycles. The molecule has 0 aromatic carbocycles. The molecule has 1 unspecified atom stereocenters. The molecule has 0 spiro atoms. The maximum Gasteiger partial charge on any atom is 0.309 e. The topological polar surface area (TPSA) is 214 Å². The van der Waals surface area contributed by atoms with E-state index in [1.165, 1.54) is 18.9 Å². The number of cyclic esters (lactones) is 1. The van der Waals surface area contributed by atoms with Crippen molar-refractivity contribution in [3.63, 3.8) is 0 Å². The maximum atomic E-state index is 14.6. The largest absolute Gasteiger partial charge is 0.459 e. The molecule has 2 aromatic heterocycles. The van der Waals surface area contributed by atoms with Crippen molar-refractivity contribution in [2.45, 2.75) is 205 Å². The molecule has 3 aliphatic heterocycles. The molecule has 65 heavy (non-hydrogen) atoms.